The maximum absolute atomic E-state index is 9.50. The molecule has 0 heterocycles. The molecule has 0 aliphatic heterocycles. The number of carbonyl (C=O) groups is 2. The second-order valence-corrected chi connectivity index (χ2v) is 0.777. The number of rotatable bonds is 0. The van der Waals surface area contributed by atoms with Gasteiger partial charge in [0, 0.05) is 0 Å². The Morgan fingerprint density at radius 3 is 2.00 bits per heavy atom. The molecule has 0 fully saturated rings. The van der Waals surface area contributed by atoms with E-state index in [1.165, 1.54) is 5.32 Å². The van der Waals surface area contributed by atoms with Gasteiger partial charge in [0.2, 0.25) is 0 Å². The summed E-state index contributed by atoms with van der Waals surface area (Å²) in [6, 6.07) is -1.13. The minimum atomic E-state index is -1.69. The summed E-state index contributed by atoms with van der Waals surface area (Å²) in [5.74, 6) is 0. The number of carbonyl (C=O) groups excluding carboxylic acids is 2. The van der Waals surface area contributed by atoms with Crippen molar-refractivity contribution in [1.29, 1.82) is 0 Å². The van der Waals surface area contributed by atoms with Crippen LogP contribution in [0.2, 0.25) is 0 Å². The summed E-state index contributed by atoms with van der Waals surface area (Å²) in [7, 11) is 0. The minimum absolute atomic E-state index is 1.13. The maximum atomic E-state index is 9.50. The van der Waals surface area contributed by atoms with Gasteiger partial charge in [0.25, 0.3) is 0 Å². The number of hydrogen-bond donors (Lipinski definition) is 2. The fourth-order valence-corrected chi connectivity index (χ4v) is 0.101. The third-order valence-electron chi connectivity index (χ3n) is 0.225. The van der Waals surface area contributed by atoms with Crippen LogP contribution in [0.25, 0.3) is 0 Å². The zero-order valence-corrected chi connectivity index (χ0v) is 3.30. The number of amides is 3. The van der Waals surface area contributed by atoms with Gasteiger partial charge in [0.05, 0.1) is 0 Å². The Bertz CT molecular complexity index is 87.1. The molecule has 5 heteroatoms. The highest BCUT2D eigenvalue weighted by Gasteiger charge is 1.85. The van der Waals surface area contributed by atoms with Crippen LogP contribution in [0, 0.1) is 0 Å². The molecule has 0 atom stereocenters. The van der Waals surface area contributed by atoms with Gasteiger partial charge in [-0.3, -0.25) is 5.32 Å². The predicted octanol–water partition coefficient (Wildman–Crippen LogP) is -2.00. The Kier molecular flexibility index (Phi) is 1.65. The van der Waals surface area contributed by atoms with Gasteiger partial charge in [-0.05, 0) is 0 Å². The molecule has 0 saturated heterocycles. The lowest BCUT2D eigenvalue weighted by Gasteiger charge is -1.96. The first-order valence-corrected chi connectivity index (χ1v) is 1.40. The lowest BCUT2D eigenvalue weighted by atomic mass is 11.0. The van der Waals surface area contributed by atoms with Gasteiger partial charge in [0.15, 0.2) is 0 Å². The van der Waals surface area contributed by atoms with Crippen LogP contribution in [0.4, 0.5) is 9.59 Å². The lowest BCUT2D eigenvalue weighted by molar-refractivity contribution is -0.248. The largest absolute Gasteiger partial charge is 0.530 e. The molecule has 0 radical (unpaired) electrons. The van der Waals surface area contributed by atoms with E-state index in [1.807, 2.05) is 0 Å². The Labute approximate surface area is 39.1 Å². The van der Waals surface area contributed by atoms with Gasteiger partial charge in [-0.2, -0.15) is 0 Å². The molecule has 0 spiro atoms. The number of carboxylic acid groups (broad SMARTS) is 1. The highest BCUT2D eigenvalue weighted by molar-refractivity contribution is 5.87. The standard InChI is InChI=1S/C2H4N2O3/c3-1(5)4-2(6)7/h(H,6,7)(H3,3,4,5)/p-1. The average Bonchev–Trinajstić information content (AvgIpc) is 1.27. The number of hydrogen-bond acceptors (Lipinski definition) is 3. The molecule has 0 aromatic heterocycles. The van der Waals surface area contributed by atoms with Crippen molar-refractivity contribution in [3.63, 3.8) is 0 Å². The van der Waals surface area contributed by atoms with Crippen LogP contribution in [0.15, 0.2) is 0 Å². The summed E-state index contributed by atoms with van der Waals surface area (Å²) in [5.41, 5.74) is 4.32. The SMILES string of the molecule is NC(=O)NC(=O)[O-]. The molecule has 0 rings (SSSR count). The van der Waals surface area contributed by atoms with Crippen molar-refractivity contribution in [2.24, 2.45) is 5.73 Å². The molecule has 0 aliphatic rings. The van der Waals surface area contributed by atoms with E-state index in [9.17, 15) is 14.7 Å². The third-order valence-corrected chi connectivity index (χ3v) is 0.225. The van der Waals surface area contributed by atoms with Gasteiger partial charge in [0.1, 0.15) is 6.09 Å². The van der Waals surface area contributed by atoms with E-state index < -0.39 is 12.1 Å². The first-order valence-electron chi connectivity index (χ1n) is 1.40. The van der Waals surface area contributed by atoms with Crippen molar-refractivity contribution in [3.8, 4) is 0 Å². The quantitative estimate of drug-likeness (QED) is 0.371. The van der Waals surface area contributed by atoms with Crippen molar-refractivity contribution in [1.82, 2.24) is 5.32 Å². The fourth-order valence-electron chi connectivity index (χ4n) is 0.101. The van der Waals surface area contributed by atoms with E-state index in [0.717, 1.165) is 0 Å². The Morgan fingerprint density at radius 1 is 1.57 bits per heavy atom. The molecular formula is C2H3N2O3-. The highest BCUT2D eigenvalue weighted by Crippen LogP contribution is 1.50. The third kappa shape index (κ3) is 4.74. The van der Waals surface area contributed by atoms with Crippen molar-refractivity contribution < 1.29 is 14.7 Å². The average molecular weight is 103 g/mol. The summed E-state index contributed by atoms with van der Waals surface area (Å²) >= 11 is 0. The molecule has 0 aromatic rings. The molecule has 0 bridgehead atoms. The normalized spacial score (nSPS) is 7.43. The summed E-state index contributed by atoms with van der Waals surface area (Å²) < 4.78 is 0. The number of nitrogens with two attached hydrogens (primary N) is 1. The topological polar surface area (TPSA) is 95.2 Å². The van der Waals surface area contributed by atoms with E-state index in [2.05, 4.69) is 5.73 Å². The monoisotopic (exact) mass is 103 g/mol. The van der Waals surface area contributed by atoms with E-state index in [1.54, 1.807) is 0 Å². The van der Waals surface area contributed by atoms with Gasteiger partial charge >= 0.3 is 6.03 Å². The van der Waals surface area contributed by atoms with Crippen LogP contribution in [-0.2, 0) is 0 Å². The van der Waals surface area contributed by atoms with Crippen LogP contribution in [0.5, 0.6) is 0 Å². The number of primary amides is 1. The highest BCUT2D eigenvalue weighted by atomic mass is 16.4. The number of nitrogens with one attached hydrogen (secondary N) is 1. The van der Waals surface area contributed by atoms with E-state index >= 15 is 0 Å². The maximum Gasteiger partial charge on any atom is 0.317 e. The van der Waals surface area contributed by atoms with Crippen molar-refractivity contribution in [2.45, 2.75) is 0 Å². The molecule has 3 amide bonds. The van der Waals surface area contributed by atoms with Crippen LogP contribution in [0.3, 0.4) is 0 Å². The zero-order valence-electron chi connectivity index (χ0n) is 3.30. The van der Waals surface area contributed by atoms with Crippen molar-refractivity contribution >= 4 is 12.1 Å². The van der Waals surface area contributed by atoms with Crippen molar-refractivity contribution in [3.05, 3.63) is 0 Å². The summed E-state index contributed by atoms with van der Waals surface area (Å²) in [4.78, 5) is 18.8. The lowest BCUT2D eigenvalue weighted by Crippen LogP contribution is -2.43. The summed E-state index contributed by atoms with van der Waals surface area (Å²) in [6.07, 6.45) is -1.69. The summed E-state index contributed by atoms with van der Waals surface area (Å²) in [5, 5.41) is 10.5. The Balaban J connectivity index is 3.32. The molecule has 0 aromatic carbocycles. The zero-order chi connectivity index (χ0) is 5.86. The second kappa shape index (κ2) is 2.01. The van der Waals surface area contributed by atoms with Crippen molar-refractivity contribution in [2.75, 3.05) is 0 Å². The van der Waals surface area contributed by atoms with E-state index in [4.69, 9.17) is 0 Å². The minimum Gasteiger partial charge on any atom is -0.530 e. The van der Waals surface area contributed by atoms with Crippen LogP contribution >= 0.6 is 0 Å². The molecule has 0 unspecified atom stereocenters. The molecule has 5 nitrogen and oxygen atoms in total. The first kappa shape index (κ1) is 5.74. The van der Waals surface area contributed by atoms with E-state index in [0.29, 0.717) is 0 Å². The fraction of sp³-hybridized carbons (Fsp3) is 0. The second-order valence-electron chi connectivity index (χ2n) is 0.777. The van der Waals surface area contributed by atoms with Gasteiger partial charge in [-0.15, -0.1) is 0 Å². The molecular weight excluding hydrogens is 100 g/mol. The summed E-state index contributed by atoms with van der Waals surface area (Å²) in [6.45, 7) is 0. The first-order chi connectivity index (χ1) is 3.13. The van der Waals surface area contributed by atoms with Gasteiger partial charge in [-0.1, -0.05) is 0 Å². The molecule has 0 saturated carbocycles. The molecule has 40 valence electrons. The Morgan fingerprint density at radius 2 is 2.00 bits per heavy atom. The smallest absolute Gasteiger partial charge is 0.317 e. The number of urea groups is 1. The Hall–Kier alpha value is -1.26. The van der Waals surface area contributed by atoms with Crippen LogP contribution in [0.1, 0.15) is 0 Å². The predicted molar refractivity (Wildman–Crippen MR) is 18.1 cm³/mol. The molecule has 0 aliphatic carbocycles. The van der Waals surface area contributed by atoms with E-state index in [-0.39, 0.29) is 0 Å². The van der Waals surface area contributed by atoms with Gasteiger partial charge < -0.3 is 15.6 Å². The van der Waals surface area contributed by atoms with Crippen LogP contribution < -0.4 is 16.2 Å². The van der Waals surface area contributed by atoms with Crippen LogP contribution in [-0.4, -0.2) is 12.1 Å². The molecule has 7 heavy (non-hydrogen) atoms. The number of imide groups is 1. The molecule has 3 N–H and O–H groups in total. The van der Waals surface area contributed by atoms with Gasteiger partial charge in [-0.25, -0.2) is 4.79 Å².